The number of aromatic nitrogens is 1. The largest absolute Gasteiger partial charge is 0.390 e. The Labute approximate surface area is 158 Å². The average molecular weight is 381 g/mol. The first-order valence-corrected chi connectivity index (χ1v) is 9.24. The zero-order chi connectivity index (χ0) is 18.4. The molecule has 0 unspecified atom stereocenters. The van der Waals surface area contributed by atoms with Crippen molar-refractivity contribution in [1.82, 2.24) is 10.5 Å². The van der Waals surface area contributed by atoms with Crippen LogP contribution in [0.15, 0.2) is 34.9 Å². The predicted octanol–water partition coefficient (Wildman–Crippen LogP) is 2.72. The summed E-state index contributed by atoms with van der Waals surface area (Å²) in [5, 5.41) is 18.4. The van der Waals surface area contributed by atoms with Gasteiger partial charge in [-0.2, -0.15) is 0 Å². The van der Waals surface area contributed by atoms with E-state index in [1.807, 2.05) is 30.3 Å². The van der Waals surface area contributed by atoms with Crippen LogP contribution in [0, 0.1) is 0 Å². The number of aliphatic hydroxyl groups is 1. The van der Waals surface area contributed by atoms with Gasteiger partial charge in [0.1, 0.15) is 6.61 Å². The fourth-order valence-corrected chi connectivity index (χ4v) is 3.37. The molecular formula is C19H25ClN2O4. The van der Waals surface area contributed by atoms with Crippen LogP contribution in [0.2, 0.25) is 5.02 Å². The zero-order valence-electron chi connectivity index (χ0n) is 14.9. The zero-order valence-corrected chi connectivity index (χ0v) is 15.6. The molecule has 1 aromatic carbocycles. The summed E-state index contributed by atoms with van der Waals surface area (Å²) in [6, 6.07) is 9.62. The van der Waals surface area contributed by atoms with Gasteiger partial charge in [0.05, 0.1) is 24.0 Å². The second-order valence-corrected chi connectivity index (χ2v) is 6.99. The quantitative estimate of drug-likeness (QED) is 0.733. The van der Waals surface area contributed by atoms with E-state index in [1.54, 1.807) is 7.11 Å². The van der Waals surface area contributed by atoms with E-state index in [2.05, 4.69) is 10.5 Å². The number of benzene rings is 1. The molecule has 1 aliphatic rings. The minimum absolute atomic E-state index is 0.0195. The second kappa shape index (κ2) is 9.48. The first-order chi connectivity index (χ1) is 12.7. The number of rotatable bonds is 8. The van der Waals surface area contributed by atoms with Gasteiger partial charge in [-0.25, -0.2) is 0 Å². The highest BCUT2D eigenvalue weighted by Gasteiger charge is 2.30. The molecule has 2 N–H and O–H groups in total. The molecule has 2 heterocycles. The van der Waals surface area contributed by atoms with Gasteiger partial charge in [0.2, 0.25) is 0 Å². The molecule has 6 nitrogen and oxygen atoms in total. The molecule has 1 aromatic heterocycles. The molecule has 7 heteroatoms. The monoisotopic (exact) mass is 380 g/mol. The van der Waals surface area contributed by atoms with Gasteiger partial charge in [-0.15, -0.1) is 0 Å². The molecule has 1 saturated heterocycles. The topological polar surface area (TPSA) is 76.8 Å². The lowest BCUT2D eigenvalue weighted by Gasteiger charge is -2.34. The molecule has 3 rings (SSSR count). The van der Waals surface area contributed by atoms with E-state index in [0.29, 0.717) is 38.3 Å². The predicted molar refractivity (Wildman–Crippen MR) is 98.0 cm³/mol. The van der Waals surface area contributed by atoms with Gasteiger partial charge < -0.3 is 24.4 Å². The first-order valence-electron chi connectivity index (χ1n) is 8.86. The van der Waals surface area contributed by atoms with Crippen LogP contribution in [0.1, 0.15) is 29.9 Å². The third kappa shape index (κ3) is 5.28. The molecule has 1 aliphatic heterocycles. The van der Waals surface area contributed by atoms with E-state index in [-0.39, 0.29) is 12.2 Å². The Hall–Kier alpha value is -1.44. The number of methoxy groups -OCH3 is 1. The van der Waals surface area contributed by atoms with Gasteiger partial charge in [-0.3, -0.25) is 0 Å². The van der Waals surface area contributed by atoms with Crippen LogP contribution in [-0.2, 0) is 29.0 Å². The van der Waals surface area contributed by atoms with E-state index < -0.39 is 6.10 Å². The van der Waals surface area contributed by atoms with Crippen molar-refractivity contribution < 1.29 is 19.1 Å². The Morgan fingerprint density at radius 3 is 3.00 bits per heavy atom. The summed E-state index contributed by atoms with van der Waals surface area (Å²) < 4.78 is 16.3. The third-order valence-electron chi connectivity index (χ3n) is 4.53. The molecule has 0 bridgehead atoms. The van der Waals surface area contributed by atoms with Crippen LogP contribution in [0.25, 0.3) is 0 Å². The van der Waals surface area contributed by atoms with Crippen LogP contribution in [0.4, 0.5) is 0 Å². The number of halogens is 1. The highest BCUT2D eigenvalue weighted by Crippen LogP contribution is 2.23. The number of ether oxygens (including phenoxy) is 2. The van der Waals surface area contributed by atoms with Gasteiger partial charge in [-0.05, 0) is 24.5 Å². The summed E-state index contributed by atoms with van der Waals surface area (Å²) in [6.45, 7) is 1.61. The van der Waals surface area contributed by atoms with E-state index in [9.17, 15) is 5.11 Å². The maximum absolute atomic E-state index is 10.2. The van der Waals surface area contributed by atoms with Crippen molar-refractivity contribution in [1.29, 1.82) is 0 Å². The van der Waals surface area contributed by atoms with Gasteiger partial charge in [0, 0.05) is 37.7 Å². The van der Waals surface area contributed by atoms with Crippen LogP contribution < -0.4 is 5.32 Å². The fraction of sp³-hybridized carbons (Fsp3) is 0.526. The van der Waals surface area contributed by atoms with Crippen molar-refractivity contribution in [3.05, 3.63) is 52.4 Å². The normalized spacial score (nSPS) is 23.3. The highest BCUT2D eigenvalue weighted by atomic mass is 35.5. The molecule has 2 aromatic rings. The molecule has 0 spiro atoms. The summed E-state index contributed by atoms with van der Waals surface area (Å²) in [7, 11) is 1.62. The molecule has 1 fully saturated rings. The molecule has 26 heavy (non-hydrogen) atoms. The Balaban J connectivity index is 1.48. The number of aliphatic hydroxyl groups excluding tert-OH is 1. The van der Waals surface area contributed by atoms with Crippen molar-refractivity contribution in [3.63, 3.8) is 0 Å². The maximum atomic E-state index is 10.2. The Morgan fingerprint density at radius 2 is 2.19 bits per heavy atom. The van der Waals surface area contributed by atoms with E-state index in [4.69, 9.17) is 25.6 Å². The lowest BCUT2D eigenvalue weighted by atomic mass is 9.98. The molecular weight excluding hydrogens is 356 g/mol. The number of hydrogen-bond donors (Lipinski definition) is 2. The summed E-state index contributed by atoms with van der Waals surface area (Å²) in [6.07, 6.45) is 1.49. The summed E-state index contributed by atoms with van der Waals surface area (Å²) in [5.74, 6) is 0.705. The molecule has 0 aliphatic carbocycles. The smallest absolute Gasteiger partial charge is 0.162 e. The summed E-state index contributed by atoms with van der Waals surface area (Å²) >= 11 is 6.17. The van der Waals surface area contributed by atoms with Crippen LogP contribution >= 0.6 is 11.6 Å². The van der Waals surface area contributed by atoms with E-state index in [0.717, 1.165) is 22.7 Å². The number of nitrogens with one attached hydrogen (secondary N) is 1. The molecule has 142 valence electrons. The van der Waals surface area contributed by atoms with E-state index >= 15 is 0 Å². The Morgan fingerprint density at radius 1 is 1.35 bits per heavy atom. The first kappa shape index (κ1) is 19.3. The third-order valence-corrected chi connectivity index (χ3v) is 4.90. The molecule has 3 atom stereocenters. The SMILES string of the molecule is COCc1cc(C[C@@H]2CC[C@H](O)[C@@H](CNCc3ccccc3Cl)O2)no1. The summed E-state index contributed by atoms with van der Waals surface area (Å²) in [5.41, 5.74) is 1.88. The highest BCUT2D eigenvalue weighted by molar-refractivity contribution is 6.31. The van der Waals surface area contributed by atoms with Crippen molar-refractivity contribution >= 4 is 11.6 Å². The van der Waals surface area contributed by atoms with Crippen LogP contribution in [-0.4, -0.2) is 42.2 Å². The van der Waals surface area contributed by atoms with Gasteiger partial charge in [-0.1, -0.05) is 35.0 Å². The molecule has 0 amide bonds. The van der Waals surface area contributed by atoms with Crippen LogP contribution in [0.5, 0.6) is 0 Å². The van der Waals surface area contributed by atoms with E-state index in [1.165, 1.54) is 0 Å². The molecule has 0 radical (unpaired) electrons. The summed E-state index contributed by atoms with van der Waals surface area (Å²) in [4.78, 5) is 0. The minimum Gasteiger partial charge on any atom is -0.390 e. The fourth-order valence-electron chi connectivity index (χ4n) is 3.17. The van der Waals surface area contributed by atoms with Crippen molar-refractivity contribution in [2.45, 2.75) is 50.7 Å². The lowest BCUT2D eigenvalue weighted by molar-refractivity contribution is -0.115. The Kier molecular flexibility index (Phi) is 7.05. The molecule has 0 saturated carbocycles. The van der Waals surface area contributed by atoms with Crippen molar-refractivity contribution in [2.24, 2.45) is 0 Å². The van der Waals surface area contributed by atoms with Crippen molar-refractivity contribution in [2.75, 3.05) is 13.7 Å². The standard InChI is InChI=1S/C19H25ClN2O4/c1-24-12-16-9-14(22-26-16)8-15-6-7-18(23)19(25-15)11-21-10-13-4-2-3-5-17(13)20/h2-5,9,15,18-19,21,23H,6-8,10-12H2,1H3/t15-,18-,19+/m0/s1. The lowest BCUT2D eigenvalue weighted by Crippen LogP contribution is -2.45. The van der Waals surface area contributed by atoms with Gasteiger partial charge >= 0.3 is 0 Å². The Bertz CT molecular complexity index is 694. The minimum atomic E-state index is -0.466. The maximum Gasteiger partial charge on any atom is 0.162 e. The number of hydrogen-bond acceptors (Lipinski definition) is 6. The van der Waals surface area contributed by atoms with Gasteiger partial charge in [0.25, 0.3) is 0 Å². The second-order valence-electron chi connectivity index (χ2n) is 6.59. The van der Waals surface area contributed by atoms with Gasteiger partial charge in [0.15, 0.2) is 5.76 Å². The average Bonchev–Trinajstić information content (AvgIpc) is 3.07. The number of nitrogens with zero attached hydrogens (tertiary/aromatic N) is 1. The van der Waals surface area contributed by atoms with Crippen LogP contribution in [0.3, 0.4) is 0 Å². The van der Waals surface area contributed by atoms with Crippen molar-refractivity contribution in [3.8, 4) is 0 Å².